The zero-order valence-electron chi connectivity index (χ0n) is 9.96. The van der Waals surface area contributed by atoms with Gasteiger partial charge >= 0.3 is 6.18 Å². The highest BCUT2D eigenvalue weighted by atomic mass is 35.5. The Bertz CT molecular complexity index is 658. The number of nitriles is 1. The summed E-state index contributed by atoms with van der Waals surface area (Å²) in [5.74, 6) is 0.471. The van der Waals surface area contributed by atoms with Gasteiger partial charge in [-0.3, -0.25) is 0 Å². The van der Waals surface area contributed by atoms with E-state index in [-0.39, 0.29) is 23.0 Å². The van der Waals surface area contributed by atoms with Gasteiger partial charge in [0.05, 0.1) is 12.1 Å². The van der Waals surface area contributed by atoms with E-state index in [1.807, 2.05) is 0 Å². The van der Waals surface area contributed by atoms with Crippen LogP contribution < -0.4 is 5.32 Å². The van der Waals surface area contributed by atoms with E-state index >= 15 is 0 Å². The Morgan fingerprint density at radius 1 is 1.25 bits per heavy atom. The maximum absolute atomic E-state index is 12.8. The Morgan fingerprint density at radius 3 is 2.60 bits per heavy atom. The van der Waals surface area contributed by atoms with E-state index in [1.165, 1.54) is 24.3 Å². The van der Waals surface area contributed by atoms with Crippen molar-refractivity contribution in [1.82, 2.24) is 0 Å². The molecule has 0 radical (unpaired) electrons. The Labute approximate surface area is 117 Å². The molecule has 0 amide bonds. The molecule has 0 aliphatic rings. The van der Waals surface area contributed by atoms with E-state index in [2.05, 4.69) is 5.32 Å². The van der Waals surface area contributed by atoms with Crippen LogP contribution in [0.25, 0.3) is 0 Å². The minimum absolute atomic E-state index is 0.00707. The molecular formula is C13H8ClF3N2O. The molecule has 0 spiro atoms. The summed E-state index contributed by atoms with van der Waals surface area (Å²) in [5.41, 5.74) is -0.950. The maximum atomic E-state index is 12.8. The average molecular weight is 301 g/mol. The molecule has 2 aromatic rings. The van der Waals surface area contributed by atoms with Gasteiger partial charge in [-0.15, -0.1) is 0 Å². The van der Waals surface area contributed by atoms with Crippen molar-refractivity contribution in [1.29, 1.82) is 5.26 Å². The molecule has 1 heterocycles. The predicted octanol–water partition coefficient (Wildman–Crippen LogP) is 4.44. The van der Waals surface area contributed by atoms with Crippen LogP contribution in [0.5, 0.6) is 0 Å². The Kier molecular flexibility index (Phi) is 3.91. The minimum Gasteiger partial charge on any atom is -0.449 e. The van der Waals surface area contributed by atoms with E-state index in [9.17, 15) is 13.2 Å². The summed E-state index contributed by atoms with van der Waals surface area (Å²) in [6, 6.07) is 8.23. The SMILES string of the molecule is N#Cc1ccc(CNc2ccc(Cl)cc2C(F)(F)F)o1. The zero-order chi connectivity index (χ0) is 14.8. The molecule has 1 N–H and O–H groups in total. The first kappa shape index (κ1) is 14.3. The third-order valence-electron chi connectivity index (χ3n) is 2.51. The number of hydrogen-bond acceptors (Lipinski definition) is 3. The van der Waals surface area contributed by atoms with E-state index < -0.39 is 11.7 Å². The normalized spacial score (nSPS) is 11.2. The van der Waals surface area contributed by atoms with Crippen LogP contribution in [0.2, 0.25) is 5.02 Å². The summed E-state index contributed by atoms with van der Waals surface area (Å²) in [4.78, 5) is 0. The Balaban J connectivity index is 2.19. The quantitative estimate of drug-likeness (QED) is 0.912. The minimum atomic E-state index is -4.51. The molecule has 0 saturated heterocycles. The van der Waals surface area contributed by atoms with Gasteiger partial charge in [0.2, 0.25) is 5.76 Å². The lowest BCUT2D eigenvalue weighted by molar-refractivity contribution is -0.137. The molecule has 0 aliphatic carbocycles. The summed E-state index contributed by atoms with van der Waals surface area (Å²) in [5, 5.41) is 11.2. The molecule has 1 aromatic heterocycles. The van der Waals surface area contributed by atoms with Crippen molar-refractivity contribution in [3.8, 4) is 6.07 Å². The molecule has 0 unspecified atom stereocenters. The van der Waals surface area contributed by atoms with Gasteiger partial charge in [0, 0.05) is 10.7 Å². The maximum Gasteiger partial charge on any atom is 0.418 e. The van der Waals surface area contributed by atoms with Crippen LogP contribution in [0.4, 0.5) is 18.9 Å². The fraction of sp³-hybridized carbons (Fsp3) is 0.154. The van der Waals surface area contributed by atoms with Crippen molar-refractivity contribution in [2.45, 2.75) is 12.7 Å². The summed E-state index contributed by atoms with van der Waals surface area (Å²) in [6.07, 6.45) is -4.51. The van der Waals surface area contributed by atoms with Gasteiger partial charge in [-0.25, -0.2) is 0 Å². The van der Waals surface area contributed by atoms with Crippen LogP contribution in [-0.4, -0.2) is 0 Å². The van der Waals surface area contributed by atoms with Gasteiger partial charge < -0.3 is 9.73 Å². The number of furan rings is 1. The predicted molar refractivity (Wildman–Crippen MR) is 67.2 cm³/mol. The summed E-state index contributed by atoms with van der Waals surface area (Å²) in [7, 11) is 0. The number of hydrogen-bond donors (Lipinski definition) is 1. The Morgan fingerprint density at radius 2 is 2.00 bits per heavy atom. The largest absolute Gasteiger partial charge is 0.449 e. The van der Waals surface area contributed by atoms with Gasteiger partial charge in [0.1, 0.15) is 11.8 Å². The van der Waals surface area contributed by atoms with Crippen molar-refractivity contribution < 1.29 is 17.6 Å². The van der Waals surface area contributed by atoms with Crippen molar-refractivity contribution in [3.63, 3.8) is 0 Å². The first-order chi connectivity index (χ1) is 9.40. The van der Waals surface area contributed by atoms with Crippen LogP contribution in [0.15, 0.2) is 34.7 Å². The lowest BCUT2D eigenvalue weighted by atomic mass is 10.1. The van der Waals surface area contributed by atoms with Crippen molar-refractivity contribution in [3.05, 3.63) is 52.4 Å². The molecule has 1 aromatic carbocycles. The number of nitrogens with one attached hydrogen (secondary N) is 1. The fourth-order valence-corrected chi connectivity index (χ4v) is 1.79. The van der Waals surface area contributed by atoms with Crippen LogP contribution >= 0.6 is 11.6 Å². The van der Waals surface area contributed by atoms with Gasteiger partial charge in [-0.2, -0.15) is 18.4 Å². The number of rotatable bonds is 3. The molecule has 2 rings (SSSR count). The number of halogens is 4. The summed E-state index contributed by atoms with van der Waals surface area (Å²) >= 11 is 5.58. The first-order valence-electron chi connectivity index (χ1n) is 5.49. The first-order valence-corrected chi connectivity index (χ1v) is 5.87. The van der Waals surface area contributed by atoms with Crippen LogP contribution in [0, 0.1) is 11.3 Å². The van der Waals surface area contributed by atoms with Gasteiger partial charge in [-0.05, 0) is 30.3 Å². The van der Waals surface area contributed by atoms with Crippen molar-refractivity contribution in [2.75, 3.05) is 5.32 Å². The number of nitrogens with zero attached hydrogens (tertiary/aromatic N) is 1. The fourth-order valence-electron chi connectivity index (χ4n) is 1.62. The molecule has 0 atom stereocenters. The molecule has 104 valence electrons. The average Bonchev–Trinajstić information content (AvgIpc) is 2.84. The highest BCUT2D eigenvalue weighted by Crippen LogP contribution is 2.36. The monoisotopic (exact) mass is 300 g/mol. The van der Waals surface area contributed by atoms with Crippen molar-refractivity contribution in [2.24, 2.45) is 0 Å². The molecular weight excluding hydrogens is 293 g/mol. The zero-order valence-corrected chi connectivity index (χ0v) is 10.7. The lowest BCUT2D eigenvalue weighted by Gasteiger charge is -2.14. The van der Waals surface area contributed by atoms with Crippen LogP contribution in [0.3, 0.4) is 0 Å². The molecule has 0 saturated carbocycles. The number of benzene rings is 1. The smallest absolute Gasteiger partial charge is 0.418 e. The topological polar surface area (TPSA) is 49.0 Å². The molecule has 7 heteroatoms. The second-order valence-electron chi connectivity index (χ2n) is 3.92. The van der Waals surface area contributed by atoms with Crippen LogP contribution in [0.1, 0.15) is 17.1 Å². The standard InChI is InChI=1S/C13H8ClF3N2O/c14-8-1-4-12(11(5-8)13(15,16)17)19-7-10-3-2-9(6-18)20-10/h1-5,19H,7H2. The van der Waals surface area contributed by atoms with E-state index in [1.54, 1.807) is 6.07 Å². The third-order valence-corrected chi connectivity index (χ3v) is 2.75. The van der Waals surface area contributed by atoms with Gasteiger partial charge in [0.15, 0.2) is 0 Å². The second-order valence-corrected chi connectivity index (χ2v) is 4.36. The summed E-state index contributed by atoms with van der Waals surface area (Å²) < 4.78 is 43.6. The van der Waals surface area contributed by atoms with E-state index in [0.717, 1.165) is 6.07 Å². The highest BCUT2D eigenvalue weighted by Gasteiger charge is 2.33. The molecule has 3 nitrogen and oxygen atoms in total. The van der Waals surface area contributed by atoms with E-state index in [4.69, 9.17) is 21.3 Å². The van der Waals surface area contributed by atoms with Crippen LogP contribution in [-0.2, 0) is 12.7 Å². The van der Waals surface area contributed by atoms with Gasteiger partial charge in [-0.1, -0.05) is 11.6 Å². The number of anilines is 1. The highest BCUT2D eigenvalue weighted by molar-refractivity contribution is 6.30. The third kappa shape index (κ3) is 3.25. The Hall–Kier alpha value is -2.13. The van der Waals surface area contributed by atoms with Gasteiger partial charge in [0.25, 0.3) is 0 Å². The molecule has 0 fully saturated rings. The molecule has 20 heavy (non-hydrogen) atoms. The molecule has 0 bridgehead atoms. The molecule has 0 aliphatic heterocycles. The second kappa shape index (κ2) is 5.47. The van der Waals surface area contributed by atoms with E-state index in [0.29, 0.717) is 5.76 Å². The summed E-state index contributed by atoms with van der Waals surface area (Å²) in [6.45, 7) is 0.0341. The number of alkyl halides is 3. The lowest BCUT2D eigenvalue weighted by Crippen LogP contribution is -2.10. The van der Waals surface area contributed by atoms with Crippen molar-refractivity contribution >= 4 is 17.3 Å².